The summed E-state index contributed by atoms with van der Waals surface area (Å²) in [6.07, 6.45) is 5.31. The van der Waals surface area contributed by atoms with Crippen LogP contribution in [0.1, 0.15) is 27.4 Å². The highest BCUT2D eigenvalue weighted by atomic mass is 16.1. The lowest BCUT2D eigenvalue weighted by Gasteiger charge is -2.06. The zero-order chi connectivity index (χ0) is 19.5. The van der Waals surface area contributed by atoms with Crippen molar-refractivity contribution in [3.63, 3.8) is 0 Å². The third-order valence-corrected chi connectivity index (χ3v) is 4.59. The van der Waals surface area contributed by atoms with Crippen molar-refractivity contribution in [2.75, 3.05) is 0 Å². The van der Waals surface area contributed by atoms with Crippen molar-refractivity contribution in [2.45, 2.75) is 27.1 Å². The molecular weight excluding hydrogens is 354 g/mol. The molecule has 0 atom stereocenters. The number of aromatic nitrogens is 6. The van der Waals surface area contributed by atoms with Crippen LogP contribution in [0.4, 0.5) is 0 Å². The minimum atomic E-state index is -0.217. The summed E-state index contributed by atoms with van der Waals surface area (Å²) in [5, 5.41) is 16.0. The Morgan fingerprint density at radius 1 is 1.00 bits per heavy atom. The van der Waals surface area contributed by atoms with Crippen molar-refractivity contribution in [3.05, 3.63) is 83.7 Å². The van der Waals surface area contributed by atoms with Gasteiger partial charge in [-0.05, 0) is 38.1 Å². The zero-order valence-corrected chi connectivity index (χ0v) is 15.8. The maximum absolute atomic E-state index is 12.5. The van der Waals surface area contributed by atoms with Crippen LogP contribution in [0.15, 0.2) is 61.1 Å². The lowest BCUT2D eigenvalue weighted by Crippen LogP contribution is -2.24. The summed E-state index contributed by atoms with van der Waals surface area (Å²) >= 11 is 0. The van der Waals surface area contributed by atoms with E-state index in [4.69, 9.17) is 0 Å². The molecule has 0 unspecified atom stereocenters. The summed E-state index contributed by atoms with van der Waals surface area (Å²) in [7, 11) is 0. The monoisotopic (exact) mass is 375 g/mol. The van der Waals surface area contributed by atoms with Gasteiger partial charge in [-0.1, -0.05) is 18.2 Å². The van der Waals surface area contributed by atoms with Crippen molar-refractivity contribution < 1.29 is 4.79 Å². The molecule has 3 aromatic heterocycles. The number of para-hydroxylation sites is 1. The highest BCUT2D eigenvalue weighted by molar-refractivity contribution is 5.92. The van der Waals surface area contributed by atoms with Gasteiger partial charge in [0.15, 0.2) is 0 Å². The molecule has 8 nitrogen and oxygen atoms in total. The molecule has 0 fully saturated rings. The summed E-state index contributed by atoms with van der Waals surface area (Å²) in [6.45, 7) is 4.82. The smallest absolute Gasteiger partial charge is 0.272 e. The quantitative estimate of drug-likeness (QED) is 0.561. The largest absolute Gasteiger partial charge is 0.346 e. The topological polar surface area (TPSA) is 82.6 Å². The highest BCUT2D eigenvalue weighted by Crippen LogP contribution is 2.17. The molecule has 0 spiro atoms. The van der Waals surface area contributed by atoms with Gasteiger partial charge in [-0.2, -0.15) is 15.3 Å². The van der Waals surface area contributed by atoms with Gasteiger partial charge in [0, 0.05) is 36.4 Å². The Morgan fingerprint density at radius 3 is 2.57 bits per heavy atom. The van der Waals surface area contributed by atoms with E-state index in [0.29, 0.717) is 18.9 Å². The first kappa shape index (κ1) is 17.7. The van der Waals surface area contributed by atoms with Crippen LogP contribution in [-0.4, -0.2) is 35.2 Å². The molecule has 8 heteroatoms. The number of aryl methyl sites for hydroxylation is 1. The van der Waals surface area contributed by atoms with Crippen LogP contribution >= 0.6 is 0 Å². The fourth-order valence-corrected chi connectivity index (χ4v) is 3.10. The fraction of sp³-hybridized carbons (Fsp3) is 0.200. The molecule has 4 aromatic rings. The second kappa shape index (κ2) is 7.51. The number of hydrogen-bond acceptors (Lipinski definition) is 4. The average Bonchev–Trinajstić information content (AvgIpc) is 3.44. The second-order valence-electron chi connectivity index (χ2n) is 6.51. The normalized spacial score (nSPS) is 10.9. The van der Waals surface area contributed by atoms with Gasteiger partial charge < -0.3 is 5.32 Å². The van der Waals surface area contributed by atoms with Crippen molar-refractivity contribution in [1.29, 1.82) is 0 Å². The second-order valence-corrected chi connectivity index (χ2v) is 6.51. The highest BCUT2D eigenvalue weighted by Gasteiger charge is 2.15. The molecule has 0 saturated carbocycles. The standard InChI is InChI=1S/C20H21N7O/c1-15-18(16(2)27(23-15)17-7-4-3-5-8-17)13-21-20(28)19-9-12-26(24-19)14-25-11-6-10-22-25/h3-12H,13-14H2,1-2H3,(H,21,28). The van der Waals surface area contributed by atoms with Crippen LogP contribution < -0.4 is 5.32 Å². The first-order valence-corrected chi connectivity index (χ1v) is 9.01. The number of carbonyl (C=O) groups excluding carboxylic acids is 1. The lowest BCUT2D eigenvalue weighted by molar-refractivity contribution is 0.0945. The summed E-state index contributed by atoms with van der Waals surface area (Å²) in [5.41, 5.74) is 4.28. The maximum Gasteiger partial charge on any atom is 0.272 e. The predicted molar refractivity (Wildman–Crippen MR) is 104 cm³/mol. The van der Waals surface area contributed by atoms with E-state index >= 15 is 0 Å². The van der Waals surface area contributed by atoms with E-state index in [1.165, 1.54) is 0 Å². The number of nitrogens with one attached hydrogen (secondary N) is 1. The molecule has 1 amide bonds. The van der Waals surface area contributed by atoms with E-state index < -0.39 is 0 Å². The van der Waals surface area contributed by atoms with Gasteiger partial charge in [-0.3, -0.25) is 14.2 Å². The number of hydrogen-bond donors (Lipinski definition) is 1. The number of benzene rings is 1. The van der Waals surface area contributed by atoms with Crippen molar-refractivity contribution in [1.82, 2.24) is 34.7 Å². The van der Waals surface area contributed by atoms with E-state index in [1.54, 1.807) is 27.8 Å². The third kappa shape index (κ3) is 3.57. The number of nitrogens with zero attached hydrogens (tertiary/aromatic N) is 6. The maximum atomic E-state index is 12.5. The molecule has 0 bridgehead atoms. The Bertz CT molecular complexity index is 1080. The predicted octanol–water partition coefficient (Wildman–Crippen LogP) is 2.32. The molecule has 0 aliphatic heterocycles. The molecule has 1 aromatic carbocycles. The van der Waals surface area contributed by atoms with Crippen LogP contribution in [0.25, 0.3) is 5.69 Å². The minimum Gasteiger partial charge on any atom is -0.346 e. The van der Waals surface area contributed by atoms with Crippen LogP contribution in [0.3, 0.4) is 0 Å². The number of rotatable bonds is 6. The van der Waals surface area contributed by atoms with E-state index in [9.17, 15) is 4.79 Å². The fourth-order valence-electron chi connectivity index (χ4n) is 3.10. The Labute approximate surface area is 162 Å². The molecule has 0 radical (unpaired) electrons. The minimum absolute atomic E-state index is 0.217. The summed E-state index contributed by atoms with van der Waals surface area (Å²) in [5.74, 6) is -0.217. The first-order chi connectivity index (χ1) is 13.6. The molecule has 0 aliphatic rings. The molecular formula is C20H21N7O. The van der Waals surface area contributed by atoms with Crippen molar-refractivity contribution in [3.8, 4) is 5.69 Å². The van der Waals surface area contributed by atoms with Crippen molar-refractivity contribution in [2.24, 2.45) is 0 Å². The van der Waals surface area contributed by atoms with E-state index in [0.717, 1.165) is 22.6 Å². The Hall–Kier alpha value is -3.68. The van der Waals surface area contributed by atoms with Gasteiger partial charge in [0.1, 0.15) is 12.4 Å². The van der Waals surface area contributed by atoms with Crippen molar-refractivity contribution >= 4 is 5.91 Å². The van der Waals surface area contributed by atoms with Gasteiger partial charge in [-0.25, -0.2) is 4.68 Å². The molecule has 4 rings (SSSR count). The van der Waals surface area contributed by atoms with Gasteiger partial charge in [0.05, 0.1) is 11.4 Å². The lowest BCUT2D eigenvalue weighted by atomic mass is 10.2. The summed E-state index contributed by atoms with van der Waals surface area (Å²) in [6, 6.07) is 13.5. The third-order valence-electron chi connectivity index (χ3n) is 4.59. The van der Waals surface area contributed by atoms with Gasteiger partial charge in [0.25, 0.3) is 5.91 Å². The van der Waals surface area contributed by atoms with E-state index in [-0.39, 0.29) is 5.91 Å². The van der Waals surface area contributed by atoms with Crippen LogP contribution in [-0.2, 0) is 13.2 Å². The molecule has 142 valence electrons. The summed E-state index contributed by atoms with van der Waals surface area (Å²) < 4.78 is 5.31. The van der Waals surface area contributed by atoms with Gasteiger partial charge >= 0.3 is 0 Å². The van der Waals surface area contributed by atoms with E-state index in [1.807, 2.05) is 61.1 Å². The van der Waals surface area contributed by atoms with Crippen LogP contribution in [0.5, 0.6) is 0 Å². The number of amides is 1. The zero-order valence-electron chi connectivity index (χ0n) is 15.8. The average molecular weight is 375 g/mol. The molecule has 1 N–H and O–H groups in total. The molecule has 0 aliphatic carbocycles. The summed E-state index contributed by atoms with van der Waals surface area (Å²) in [4.78, 5) is 12.5. The molecule has 3 heterocycles. The van der Waals surface area contributed by atoms with E-state index in [2.05, 4.69) is 20.6 Å². The van der Waals surface area contributed by atoms with Gasteiger partial charge in [0.2, 0.25) is 0 Å². The van der Waals surface area contributed by atoms with Crippen LogP contribution in [0, 0.1) is 13.8 Å². The van der Waals surface area contributed by atoms with Gasteiger partial charge in [-0.15, -0.1) is 0 Å². The van der Waals surface area contributed by atoms with Crippen LogP contribution in [0.2, 0.25) is 0 Å². The Balaban J connectivity index is 1.44. The Morgan fingerprint density at radius 2 is 1.82 bits per heavy atom. The molecule has 0 saturated heterocycles. The first-order valence-electron chi connectivity index (χ1n) is 9.01. The Kier molecular flexibility index (Phi) is 4.76. The number of carbonyl (C=O) groups is 1. The molecule has 28 heavy (non-hydrogen) atoms. The SMILES string of the molecule is Cc1nn(-c2ccccc2)c(C)c1CNC(=O)c1ccn(Cn2cccn2)n1.